The van der Waals surface area contributed by atoms with Crippen LogP contribution >= 0.6 is 11.6 Å². The van der Waals surface area contributed by atoms with Gasteiger partial charge in [0.1, 0.15) is 18.2 Å². The molecule has 0 aromatic heterocycles. The molecular formula is C15H9ClF4O3. The van der Waals surface area contributed by atoms with Crippen LogP contribution in [0.4, 0.5) is 17.6 Å². The Hall–Kier alpha value is -2.28. The van der Waals surface area contributed by atoms with Gasteiger partial charge in [-0.3, -0.25) is 0 Å². The molecule has 0 saturated heterocycles. The largest absolute Gasteiger partial charge is 0.489 e. The molecule has 0 unspecified atom stereocenters. The monoisotopic (exact) mass is 348 g/mol. The summed E-state index contributed by atoms with van der Waals surface area (Å²) in [7, 11) is 0. The van der Waals surface area contributed by atoms with Gasteiger partial charge in [-0.25, -0.2) is 9.18 Å². The lowest BCUT2D eigenvalue weighted by Gasteiger charge is -2.12. The molecule has 8 heteroatoms. The van der Waals surface area contributed by atoms with Crippen LogP contribution in [0.15, 0.2) is 36.4 Å². The van der Waals surface area contributed by atoms with E-state index in [1.54, 1.807) is 0 Å². The van der Waals surface area contributed by atoms with Gasteiger partial charge in [0.15, 0.2) is 0 Å². The molecule has 2 rings (SSSR count). The summed E-state index contributed by atoms with van der Waals surface area (Å²) in [5, 5.41) is 8.27. The number of alkyl halides is 3. The van der Waals surface area contributed by atoms with Crippen molar-refractivity contribution in [3.05, 3.63) is 63.9 Å². The first-order chi connectivity index (χ1) is 10.7. The van der Waals surface area contributed by atoms with E-state index in [1.807, 2.05) is 0 Å². The van der Waals surface area contributed by atoms with Crippen molar-refractivity contribution in [1.82, 2.24) is 0 Å². The Labute approximate surface area is 133 Å². The number of hydrogen-bond donors (Lipinski definition) is 1. The summed E-state index contributed by atoms with van der Waals surface area (Å²) in [6.45, 7) is -0.353. The maximum atomic E-state index is 13.9. The zero-order valence-corrected chi connectivity index (χ0v) is 12.1. The van der Waals surface area contributed by atoms with Gasteiger partial charge in [-0.15, -0.1) is 0 Å². The van der Waals surface area contributed by atoms with Crippen molar-refractivity contribution in [3.63, 3.8) is 0 Å². The number of carbonyl (C=O) groups is 1. The molecule has 0 bridgehead atoms. The summed E-state index contributed by atoms with van der Waals surface area (Å²) < 4.78 is 56.8. The number of rotatable bonds is 4. The smallest absolute Gasteiger partial charge is 0.417 e. The van der Waals surface area contributed by atoms with Crippen molar-refractivity contribution in [2.75, 3.05) is 0 Å². The predicted octanol–water partition coefficient (Wildman–Crippen LogP) is 4.78. The number of carboxylic acids is 1. The van der Waals surface area contributed by atoms with E-state index in [9.17, 15) is 22.4 Å². The molecule has 2 aromatic rings. The SMILES string of the molecule is O=C(O)c1cccc(COc2ccc(C(F)(F)F)c(Cl)c2)c1F. The van der Waals surface area contributed by atoms with Crippen LogP contribution in [0, 0.1) is 5.82 Å². The third kappa shape index (κ3) is 3.92. The summed E-state index contributed by atoms with van der Waals surface area (Å²) in [6.07, 6.45) is -4.59. The van der Waals surface area contributed by atoms with Gasteiger partial charge >= 0.3 is 12.1 Å². The van der Waals surface area contributed by atoms with Gasteiger partial charge in [0, 0.05) is 5.56 Å². The van der Waals surface area contributed by atoms with E-state index in [2.05, 4.69) is 0 Å². The standard InChI is InChI=1S/C15H9ClF4O3/c16-12-6-9(4-5-11(12)15(18,19)20)23-7-8-2-1-3-10(13(8)17)14(21)22/h1-6H,7H2,(H,21,22). The van der Waals surface area contributed by atoms with Crippen molar-refractivity contribution in [2.45, 2.75) is 12.8 Å². The van der Waals surface area contributed by atoms with Crippen molar-refractivity contribution < 1.29 is 32.2 Å². The predicted molar refractivity (Wildman–Crippen MR) is 74.1 cm³/mol. The molecule has 23 heavy (non-hydrogen) atoms. The third-order valence-electron chi connectivity index (χ3n) is 2.95. The van der Waals surface area contributed by atoms with Gasteiger partial charge in [0.2, 0.25) is 0 Å². The minimum absolute atomic E-state index is 0.00290. The van der Waals surface area contributed by atoms with E-state index >= 15 is 0 Å². The van der Waals surface area contributed by atoms with Gasteiger partial charge in [-0.2, -0.15) is 13.2 Å². The van der Waals surface area contributed by atoms with E-state index in [1.165, 1.54) is 12.1 Å². The van der Waals surface area contributed by atoms with E-state index in [-0.39, 0.29) is 17.9 Å². The van der Waals surface area contributed by atoms with Crippen molar-refractivity contribution in [1.29, 1.82) is 0 Å². The lowest BCUT2D eigenvalue weighted by Crippen LogP contribution is -2.07. The molecule has 1 N–H and O–H groups in total. The molecule has 2 aromatic carbocycles. The second-order valence-electron chi connectivity index (χ2n) is 4.51. The number of aromatic carboxylic acids is 1. The molecule has 0 fully saturated rings. The van der Waals surface area contributed by atoms with Crippen LogP contribution in [0.25, 0.3) is 0 Å². The molecule has 122 valence electrons. The quantitative estimate of drug-likeness (QED) is 0.809. The molecule has 0 radical (unpaired) electrons. The van der Waals surface area contributed by atoms with Crippen molar-refractivity contribution in [2.24, 2.45) is 0 Å². The van der Waals surface area contributed by atoms with Crippen LogP contribution in [-0.2, 0) is 12.8 Å². The van der Waals surface area contributed by atoms with Gasteiger partial charge in [-0.05, 0) is 24.3 Å². The number of hydrogen-bond acceptors (Lipinski definition) is 2. The Balaban J connectivity index is 2.18. The molecule has 0 aliphatic heterocycles. The second-order valence-corrected chi connectivity index (χ2v) is 4.92. The minimum Gasteiger partial charge on any atom is -0.489 e. The first kappa shape index (κ1) is 17.1. The Morgan fingerprint density at radius 1 is 1.22 bits per heavy atom. The van der Waals surface area contributed by atoms with Crippen LogP contribution in [-0.4, -0.2) is 11.1 Å². The fourth-order valence-electron chi connectivity index (χ4n) is 1.83. The molecule has 0 atom stereocenters. The number of carboxylic acid groups (broad SMARTS) is 1. The third-order valence-corrected chi connectivity index (χ3v) is 3.26. The van der Waals surface area contributed by atoms with Crippen LogP contribution in [0.3, 0.4) is 0 Å². The van der Waals surface area contributed by atoms with Crippen LogP contribution in [0.2, 0.25) is 5.02 Å². The Morgan fingerprint density at radius 3 is 2.48 bits per heavy atom. The zero-order chi connectivity index (χ0) is 17.2. The highest BCUT2D eigenvalue weighted by molar-refractivity contribution is 6.31. The highest BCUT2D eigenvalue weighted by atomic mass is 35.5. The summed E-state index contributed by atoms with van der Waals surface area (Å²) in [6, 6.07) is 6.51. The zero-order valence-electron chi connectivity index (χ0n) is 11.3. The van der Waals surface area contributed by atoms with Gasteiger partial charge < -0.3 is 9.84 Å². The van der Waals surface area contributed by atoms with E-state index in [0.717, 1.165) is 24.3 Å². The normalized spacial score (nSPS) is 11.3. The average molecular weight is 349 g/mol. The topological polar surface area (TPSA) is 46.5 Å². The Kier molecular flexibility index (Phi) is 4.79. The molecular weight excluding hydrogens is 340 g/mol. The van der Waals surface area contributed by atoms with E-state index in [0.29, 0.717) is 0 Å². The molecule has 0 spiro atoms. The fraction of sp³-hybridized carbons (Fsp3) is 0.133. The van der Waals surface area contributed by atoms with Crippen molar-refractivity contribution >= 4 is 17.6 Å². The lowest BCUT2D eigenvalue weighted by atomic mass is 10.1. The Morgan fingerprint density at radius 2 is 1.91 bits per heavy atom. The maximum Gasteiger partial charge on any atom is 0.417 e. The highest BCUT2D eigenvalue weighted by Gasteiger charge is 2.33. The molecule has 0 aliphatic carbocycles. The van der Waals surface area contributed by atoms with Gasteiger partial charge in [-0.1, -0.05) is 23.7 Å². The summed E-state index contributed by atoms with van der Waals surface area (Å²) in [5.41, 5.74) is -1.57. The number of benzene rings is 2. The maximum absolute atomic E-state index is 13.9. The van der Waals surface area contributed by atoms with E-state index < -0.39 is 34.1 Å². The summed E-state index contributed by atoms with van der Waals surface area (Å²) in [4.78, 5) is 10.8. The van der Waals surface area contributed by atoms with Gasteiger partial charge in [0.25, 0.3) is 0 Å². The number of ether oxygens (including phenoxy) is 1. The lowest BCUT2D eigenvalue weighted by molar-refractivity contribution is -0.137. The number of halogens is 5. The van der Waals surface area contributed by atoms with Crippen LogP contribution in [0.1, 0.15) is 21.5 Å². The first-order valence-corrected chi connectivity index (χ1v) is 6.58. The average Bonchev–Trinajstić information content (AvgIpc) is 2.44. The molecule has 0 amide bonds. The minimum atomic E-state index is -4.59. The highest BCUT2D eigenvalue weighted by Crippen LogP contribution is 2.36. The van der Waals surface area contributed by atoms with Crippen LogP contribution in [0.5, 0.6) is 5.75 Å². The molecule has 0 aliphatic rings. The van der Waals surface area contributed by atoms with Gasteiger partial charge in [0.05, 0.1) is 16.1 Å². The molecule has 3 nitrogen and oxygen atoms in total. The fourth-order valence-corrected chi connectivity index (χ4v) is 2.11. The summed E-state index contributed by atoms with van der Waals surface area (Å²) in [5.74, 6) is -2.39. The second kappa shape index (κ2) is 6.45. The van der Waals surface area contributed by atoms with E-state index in [4.69, 9.17) is 21.4 Å². The first-order valence-electron chi connectivity index (χ1n) is 6.20. The van der Waals surface area contributed by atoms with Crippen molar-refractivity contribution in [3.8, 4) is 5.75 Å². The summed E-state index contributed by atoms with van der Waals surface area (Å²) >= 11 is 5.54. The molecule has 0 saturated carbocycles. The molecule has 0 heterocycles. The van der Waals surface area contributed by atoms with Crippen LogP contribution < -0.4 is 4.74 Å². The Bertz CT molecular complexity index is 744.